The molecule has 0 aromatic carbocycles. The maximum absolute atomic E-state index is 13.1. The summed E-state index contributed by atoms with van der Waals surface area (Å²) in [5.41, 5.74) is 1.03. The zero-order chi connectivity index (χ0) is 16.1. The van der Waals surface area contributed by atoms with Crippen molar-refractivity contribution in [3.05, 3.63) is 35.5 Å². The van der Waals surface area contributed by atoms with Gasteiger partial charge in [0.15, 0.2) is 0 Å². The van der Waals surface area contributed by atoms with Crippen molar-refractivity contribution in [1.82, 2.24) is 0 Å². The molecule has 0 aromatic heterocycles. The predicted molar refractivity (Wildman–Crippen MR) is 94.9 cm³/mol. The monoisotopic (exact) mass is 332 g/mol. The van der Waals surface area contributed by atoms with E-state index < -0.39 is 7.60 Å². The Bertz CT molecular complexity index is 369. The summed E-state index contributed by atoms with van der Waals surface area (Å²) in [5, 5.41) is 0. The first-order chi connectivity index (χ1) is 10.1. The molecule has 0 atom stereocenters. The van der Waals surface area contributed by atoms with Gasteiger partial charge in [-0.1, -0.05) is 25.5 Å². The van der Waals surface area contributed by atoms with Gasteiger partial charge in [-0.3, -0.25) is 4.57 Å². The van der Waals surface area contributed by atoms with E-state index in [1.165, 1.54) is 0 Å². The lowest BCUT2D eigenvalue weighted by molar-refractivity contribution is 0.228. The van der Waals surface area contributed by atoms with E-state index in [1.807, 2.05) is 26.0 Å². The highest BCUT2D eigenvalue weighted by atomic mass is 32.2. The molecule has 0 aliphatic rings. The van der Waals surface area contributed by atoms with Gasteiger partial charge in [-0.05, 0) is 44.4 Å². The fourth-order valence-corrected chi connectivity index (χ4v) is 5.57. The first kappa shape index (κ1) is 20.7. The Balaban J connectivity index is 5.59. The molecule has 0 unspecified atom stereocenters. The van der Waals surface area contributed by atoms with Crippen molar-refractivity contribution in [2.24, 2.45) is 0 Å². The highest BCUT2D eigenvalue weighted by Gasteiger charge is 2.32. The molecule has 122 valence electrons. The van der Waals surface area contributed by atoms with Gasteiger partial charge in [0.05, 0.1) is 17.9 Å². The zero-order valence-electron chi connectivity index (χ0n) is 13.6. The van der Waals surface area contributed by atoms with Crippen molar-refractivity contribution in [2.75, 3.05) is 19.0 Å². The van der Waals surface area contributed by atoms with E-state index in [0.717, 1.165) is 28.8 Å². The Hall–Kier alpha value is -0.280. The second-order valence-corrected chi connectivity index (χ2v) is 7.80. The summed E-state index contributed by atoms with van der Waals surface area (Å²) in [6.07, 6.45) is 7.16. The third-order valence-corrected chi connectivity index (χ3v) is 6.79. The number of thioether (sulfide) groups is 1. The van der Waals surface area contributed by atoms with E-state index in [0.29, 0.717) is 26.1 Å². The molecular weight excluding hydrogens is 303 g/mol. The van der Waals surface area contributed by atoms with E-state index in [-0.39, 0.29) is 0 Å². The van der Waals surface area contributed by atoms with Crippen LogP contribution < -0.4 is 0 Å². The third kappa shape index (κ3) is 7.51. The average molecular weight is 332 g/mol. The van der Waals surface area contributed by atoms with Crippen LogP contribution in [0, 0.1) is 0 Å². The minimum atomic E-state index is -3.24. The van der Waals surface area contributed by atoms with Crippen molar-refractivity contribution in [3.8, 4) is 0 Å². The second-order valence-electron chi connectivity index (χ2n) is 4.43. The van der Waals surface area contributed by atoms with Crippen LogP contribution in [-0.4, -0.2) is 19.0 Å². The topological polar surface area (TPSA) is 35.5 Å². The van der Waals surface area contributed by atoms with Gasteiger partial charge in [0.2, 0.25) is 0 Å². The fourth-order valence-electron chi connectivity index (χ4n) is 1.79. The van der Waals surface area contributed by atoms with Crippen molar-refractivity contribution in [2.45, 2.75) is 46.5 Å². The van der Waals surface area contributed by atoms with Crippen molar-refractivity contribution >= 4 is 19.4 Å². The van der Waals surface area contributed by atoms with Crippen LogP contribution in [-0.2, 0) is 13.6 Å². The van der Waals surface area contributed by atoms with Gasteiger partial charge < -0.3 is 9.05 Å². The molecule has 0 aliphatic heterocycles. The van der Waals surface area contributed by atoms with Crippen LogP contribution in [0.3, 0.4) is 0 Å². The first-order valence-electron chi connectivity index (χ1n) is 7.55. The summed E-state index contributed by atoms with van der Waals surface area (Å²) in [6.45, 7) is 14.1. The van der Waals surface area contributed by atoms with Crippen molar-refractivity contribution in [3.63, 3.8) is 0 Å². The molecule has 0 heterocycles. The standard InChI is InChI=1S/C16H29O3PS/c1-6-11-14-21-16(15(12-7-2)13-8-3)20(17,18-9-4)19-10-5/h7-8H,2-3,6,9-14H2,1,4-5H3. The summed E-state index contributed by atoms with van der Waals surface area (Å²) >= 11 is 1.59. The maximum atomic E-state index is 13.1. The van der Waals surface area contributed by atoms with E-state index in [4.69, 9.17) is 9.05 Å². The van der Waals surface area contributed by atoms with Crippen LogP contribution in [0.15, 0.2) is 35.5 Å². The molecule has 0 radical (unpaired) electrons. The van der Waals surface area contributed by atoms with Gasteiger partial charge in [0.25, 0.3) is 0 Å². The summed E-state index contributed by atoms with van der Waals surface area (Å²) in [6, 6.07) is 0. The first-order valence-corrected chi connectivity index (χ1v) is 10.1. The molecule has 0 saturated carbocycles. The summed E-state index contributed by atoms with van der Waals surface area (Å²) < 4.78 is 24.9. The van der Waals surface area contributed by atoms with Crippen LogP contribution in [0.5, 0.6) is 0 Å². The second kappa shape index (κ2) is 12.3. The summed E-state index contributed by atoms with van der Waals surface area (Å²) in [7, 11) is -3.24. The molecule has 0 aliphatic carbocycles. The number of hydrogen-bond acceptors (Lipinski definition) is 4. The maximum Gasteiger partial charge on any atom is 0.367 e. The Morgan fingerprint density at radius 2 is 1.62 bits per heavy atom. The minimum Gasteiger partial charge on any atom is -0.305 e. The highest BCUT2D eigenvalue weighted by molar-refractivity contribution is 8.10. The Morgan fingerprint density at radius 1 is 1.10 bits per heavy atom. The highest BCUT2D eigenvalue weighted by Crippen LogP contribution is 2.62. The molecule has 3 nitrogen and oxygen atoms in total. The lowest BCUT2D eigenvalue weighted by Gasteiger charge is -2.22. The van der Waals surface area contributed by atoms with E-state index in [2.05, 4.69) is 20.1 Å². The van der Waals surface area contributed by atoms with Crippen LogP contribution in [0.4, 0.5) is 0 Å². The molecule has 5 heteroatoms. The predicted octanol–water partition coefficient (Wildman–Crippen LogP) is 6.15. The van der Waals surface area contributed by atoms with Crippen molar-refractivity contribution in [1.29, 1.82) is 0 Å². The van der Waals surface area contributed by atoms with Gasteiger partial charge in [-0.15, -0.1) is 24.9 Å². The van der Waals surface area contributed by atoms with Gasteiger partial charge >= 0.3 is 7.60 Å². The molecule has 0 amide bonds. The van der Waals surface area contributed by atoms with E-state index in [9.17, 15) is 4.57 Å². The molecule has 0 bridgehead atoms. The van der Waals surface area contributed by atoms with Crippen LogP contribution in [0.1, 0.15) is 46.5 Å². The molecule has 0 saturated heterocycles. The smallest absolute Gasteiger partial charge is 0.305 e. The molecule has 0 aromatic rings. The normalized spacial score (nSPS) is 11.2. The molecule has 0 rings (SSSR count). The number of rotatable bonds is 13. The van der Waals surface area contributed by atoms with Crippen LogP contribution in [0.25, 0.3) is 0 Å². The van der Waals surface area contributed by atoms with E-state index >= 15 is 0 Å². The summed E-state index contributed by atoms with van der Waals surface area (Å²) in [5.74, 6) is 0.910. The third-order valence-electron chi connectivity index (χ3n) is 2.67. The lowest BCUT2D eigenvalue weighted by Crippen LogP contribution is -2.01. The molecular formula is C16H29O3PS. The molecule has 0 spiro atoms. The Morgan fingerprint density at radius 3 is 2.00 bits per heavy atom. The average Bonchev–Trinajstić information content (AvgIpc) is 2.44. The number of allylic oxidation sites excluding steroid dienone is 3. The largest absolute Gasteiger partial charge is 0.367 e. The Kier molecular flexibility index (Phi) is 12.1. The minimum absolute atomic E-state index is 0.366. The molecule has 0 fully saturated rings. The molecule has 0 N–H and O–H groups in total. The van der Waals surface area contributed by atoms with E-state index in [1.54, 1.807) is 11.8 Å². The summed E-state index contributed by atoms with van der Waals surface area (Å²) in [4.78, 5) is 0. The SMILES string of the molecule is C=CCC(CC=C)=C(SCCCC)P(=O)(OCC)OCC. The van der Waals surface area contributed by atoms with Crippen LogP contribution in [0.2, 0.25) is 0 Å². The van der Waals surface area contributed by atoms with Gasteiger partial charge in [0.1, 0.15) is 0 Å². The zero-order valence-corrected chi connectivity index (χ0v) is 15.3. The number of unbranched alkanes of at least 4 members (excludes halogenated alkanes) is 1. The van der Waals surface area contributed by atoms with Gasteiger partial charge in [-0.2, -0.15) is 0 Å². The van der Waals surface area contributed by atoms with Crippen molar-refractivity contribution < 1.29 is 13.6 Å². The quantitative estimate of drug-likeness (QED) is 0.230. The number of hydrogen-bond donors (Lipinski definition) is 0. The van der Waals surface area contributed by atoms with Gasteiger partial charge in [0, 0.05) is 0 Å². The van der Waals surface area contributed by atoms with Crippen LogP contribution >= 0.6 is 19.4 Å². The van der Waals surface area contributed by atoms with Gasteiger partial charge in [-0.25, -0.2) is 0 Å². The lowest BCUT2D eigenvalue weighted by atomic mass is 10.1. The fraction of sp³-hybridized carbons (Fsp3) is 0.625. The Labute approximate surface area is 134 Å². The molecule has 21 heavy (non-hydrogen) atoms.